The minimum Gasteiger partial charge on any atom is -0.359 e. The van der Waals surface area contributed by atoms with Crippen LogP contribution < -0.4 is 16.0 Å². The summed E-state index contributed by atoms with van der Waals surface area (Å²) >= 11 is 0. The van der Waals surface area contributed by atoms with Crippen LogP contribution in [0.2, 0.25) is 0 Å². The van der Waals surface area contributed by atoms with E-state index in [-0.39, 0.29) is 11.9 Å². The van der Waals surface area contributed by atoms with E-state index in [0.717, 1.165) is 18.0 Å². The SMILES string of the molecule is CCNC(=NCc1cc(C(C)C)no1)NCCNc1nccc(C(F)(F)F)n1. The maximum atomic E-state index is 12.7. The first-order chi connectivity index (χ1) is 13.3. The van der Waals surface area contributed by atoms with Crippen molar-refractivity contribution in [3.05, 3.63) is 35.5 Å². The molecule has 0 aliphatic carbocycles. The molecule has 2 rings (SSSR count). The monoisotopic (exact) mass is 399 g/mol. The van der Waals surface area contributed by atoms with Gasteiger partial charge in [0, 0.05) is 31.9 Å². The van der Waals surface area contributed by atoms with E-state index in [1.165, 1.54) is 0 Å². The van der Waals surface area contributed by atoms with Gasteiger partial charge in [0.05, 0.1) is 5.69 Å². The Balaban J connectivity index is 1.84. The summed E-state index contributed by atoms with van der Waals surface area (Å²) in [4.78, 5) is 11.6. The molecule has 2 heterocycles. The van der Waals surface area contributed by atoms with Crippen LogP contribution in [0.5, 0.6) is 0 Å². The number of halogens is 3. The number of hydrogen-bond donors (Lipinski definition) is 3. The Morgan fingerprint density at radius 2 is 2.04 bits per heavy atom. The van der Waals surface area contributed by atoms with Gasteiger partial charge in [0.25, 0.3) is 0 Å². The first kappa shape index (κ1) is 21.5. The van der Waals surface area contributed by atoms with Crippen molar-refractivity contribution in [2.75, 3.05) is 25.0 Å². The zero-order chi connectivity index (χ0) is 20.6. The molecule has 11 heteroatoms. The standard InChI is InChI=1S/C17H24F3N7O/c1-4-21-15(25-10-12-9-13(11(2)3)27-28-12)23-7-8-24-16-22-6-5-14(26-16)17(18,19)20/h5-6,9,11H,4,7-8,10H2,1-3H3,(H2,21,23,25)(H,22,24,26). The fourth-order valence-corrected chi connectivity index (χ4v) is 2.13. The minimum atomic E-state index is -4.50. The van der Waals surface area contributed by atoms with Crippen LogP contribution in [-0.4, -0.2) is 40.7 Å². The van der Waals surface area contributed by atoms with Crippen LogP contribution in [0.1, 0.15) is 43.8 Å². The molecule has 0 amide bonds. The maximum Gasteiger partial charge on any atom is 0.433 e. The minimum absolute atomic E-state index is 0.0820. The lowest BCUT2D eigenvalue weighted by Gasteiger charge is -2.12. The molecule has 0 saturated carbocycles. The quantitative estimate of drug-likeness (QED) is 0.356. The van der Waals surface area contributed by atoms with Crippen molar-refractivity contribution in [2.24, 2.45) is 4.99 Å². The van der Waals surface area contributed by atoms with Crippen LogP contribution in [-0.2, 0) is 12.7 Å². The molecule has 0 spiro atoms. The number of hydrogen-bond acceptors (Lipinski definition) is 6. The third-order valence-electron chi connectivity index (χ3n) is 3.55. The zero-order valence-electron chi connectivity index (χ0n) is 16.0. The second-order valence-electron chi connectivity index (χ2n) is 6.18. The van der Waals surface area contributed by atoms with E-state index in [0.29, 0.717) is 37.9 Å². The lowest BCUT2D eigenvalue weighted by atomic mass is 10.1. The molecule has 2 aromatic rings. The summed E-state index contributed by atoms with van der Waals surface area (Å²) in [5, 5.41) is 12.9. The molecule has 2 aromatic heterocycles. The summed E-state index contributed by atoms with van der Waals surface area (Å²) in [5.74, 6) is 1.39. The second kappa shape index (κ2) is 9.90. The Kier molecular flexibility index (Phi) is 7.59. The van der Waals surface area contributed by atoms with E-state index in [9.17, 15) is 13.2 Å². The van der Waals surface area contributed by atoms with E-state index in [1.807, 2.05) is 26.8 Å². The molecule has 8 nitrogen and oxygen atoms in total. The highest BCUT2D eigenvalue weighted by molar-refractivity contribution is 5.79. The first-order valence-corrected chi connectivity index (χ1v) is 8.91. The van der Waals surface area contributed by atoms with Crippen LogP contribution in [0.3, 0.4) is 0 Å². The predicted molar refractivity (Wildman–Crippen MR) is 98.9 cm³/mol. The maximum absolute atomic E-state index is 12.7. The number of nitrogens with zero attached hydrogens (tertiary/aromatic N) is 4. The number of guanidine groups is 1. The van der Waals surface area contributed by atoms with Gasteiger partial charge in [-0.25, -0.2) is 15.0 Å². The number of nitrogens with one attached hydrogen (secondary N) is 3. The predicted octanol–water partition coefficient (Wildman–Crippen LogP) is 2.77. The van der Waals surface area contributed by atoms with Crippen molar-refractivity contribution >= 4 is 11.9 Å². The van der Waals surface area contributed by atoms with Gasteiger partial charge in [-0.2, -0.15) is 13.2 Å². The van der Waals surface area contributed by atoms with E-state index in [2.05, 4.69) is 36.1 Å². The van der Waals surface area contributed by atoms with Crippen LogP contribution in [0.15, 0.2) is 27.8 Å². The molecule has 154 valence electrons. The summed E-state index contributed by atoms with van der Waals surface area (Å²) in [6, 6.07) is 2.69. The molecular weight excluding hydrogens is 375 g/mol. The lowest BCUT2D eigenvalue weighted by Crippen LogP contribution is -2.39. The molecule has 0 aromatic carbocycles. The molecule has 0 fully saturated rings. The smallest absolute Gasteiger partial charge is 0.359 e. The molecular formula is C17H24F3N7O. The van der Waals surface area contributed by atoms with Crippen molar-refractivity contribution in [2.45, 2.75) is 39.4 Å². The second-order valence-corrected chi connectivity index (χ2v) is 6.18. The normalized spacial score (nSPS) is 12.3. The lowest BCUT2D eigenvalue weighted by molar-refractivity contribution is -0.141. The van der Waals surface area contributed by atoms with Crippen molar-refractivity contribution < 1.29 is 17.7 Å². The highest BCUT2D eigenvalue weighted by Gasteiger charge is 2.32. The zero-order valence-corrected chi connectivity index (χ0v) is 16.0. The van der Waals surface area contributed by atoms with Crippen molar-refractivity contribution in [1.82, 2.24) is 25.8 Å². The van der Waals surface area contributed by atoms with Gasteiger partial charge < -0.3 is 20.5 Å². The third-order valence-corrected chi connectivity index (χ3v) is 3.55. The van der Waals surface area contributed by atoms with Crippen molar-refractivity contribution in [1.29, 1.82) is 0 Å². The summed E-state index contributed by atoms with van der Waals surface area (Å²) < 4.78 is 43.2. The number of aliphatic imine (C=N–C) groups is 1. The molecule has 3 N–H and O–H groups in total. The van der Waals surface area contributed by atoms with Crippen LogP contribution >= 0.6 is 0 Å². The Bertz CT molecular complexity index is 774. The van der Waals surface area contributed by atoms with Crippen molar-refractivity contribution in [3.8, 4) is 0 Å². The average molecular weight is 399 g/mol. The molecule has 0 aliphatic rings. The molecule has 0 aliphatic heterocycles. The van der Waals surface area contributed by atoms with Gasteiger partial charge in [-0.05, 0) is 18.9 Å². The first-order valence-electron chi connectivity index (χ1n) is 8.91. The van der Waals surface area contributed by atoms with Gasteiger partial charge in [0.2, 0.25) is 5.95 Å². The molecule has 0 radical (unpaired) electrons. The number of anilines is 1. The van der Waals surface area contributed by atoms with E-state index in [4.69, 9.17) is 4.52 Å². The van der Waals surface area contributed by atoms with Crippen LogP contribution in [0.4, 0.5) is 19.1 Å². The van der Waals surface area contributed by atoms with Crippen LogP contribution in [0, 0.1) is 0 Å². The highest BCUT2D eigenvalue weighted by Crippen LogP contribution is 2.27. The van der Waals surface area contributed by atoms with Gasteiger partial charge in [0.1, 0.15) is 12.2 Å². The Morgan fingerprint density at radius 3 is 2.68 bits per heavy atom. The van der Waals surface area contributed by atoms with Gasteiger partial charge in [-0.1, -0.05) is 19.0 Å². The fourth-order valence-electron chi connectivity index (χ4n) is 2.13. The topological polar surface area (TPSA) is 100 Å². The molecule has 0 bridgehead atoms. The average Bonchev–Trinajstić information content (AvgIpc) is 3.12. The van der Waals surface area contributed by atoms with Crippen LogP contribution in [0.25, 0.3) is 0 Å². The third kappa shape index (κ3) is 6.71. The summed E-state index contributed by atoms with van der Waals surface area (Å²) in [6.07, 6.45) is -3.43. The van der Waals surface area contributed by atoms with E-state index in [1.54, 1.807) is 0 Å². The van der Waals surface area contributed by atoms with Gasteiger partial charge >= 0.3 is 6.18 Å². The Morgan fingerprint density at radius 1 is 1.25 bits per heavy atom. The Hall–Kier alpha value is -2.85. The van der Waals surface area contributed by atoms with E-state index < -0.39 is 11.9 Å². The summed E-state index contributed by atoms with van der Waals surface area (Å²) in [7, 11) is 0. The Labute approximate surface area is 161 Å². The molecule has 0 atom stereocenters. The number of alkyl halides is 3. The van der Waals surface area contributed by atoms with Gasteiger partial charge in [-0.15, -0.1) is 0 Å². The largest absolute Gasteiger partial charge is 0.433 e. The van der Waals surface area contributed by atoms with Gasteiger partial charge in [0.15, 0.2) is 11.7 Å². The molecule has 0 unspecified atom stereocenters. The van der Waals surface area contributed by atoms with Gasteiger partial charge in [-0.3, -0.25) is 0 Å². The fraction of sp³-hybridized carbons (Fsp3) is 0.529. The molecule has 28 heavy (non-hydrogen) atoms. The van der Waals surface area contributed by atoms with Crippen molar-refractivity contribution in [3.63, 3.8) is 0 Å². The number of rotatable bonds is 8. The summed E-state index contributed by atoms with van der Waals surface area (Å²) in [5.41, 5.74) is -0.117. The molecule has 0 saturated heterocycles. The van der Waals surface area contributed by atoms with E-state index >= 15 is 0 Å². The number of aromatic nitrogens is 3. The summed E-state index contributed by atoms with van der Waals surface area (Å²) in [6.45, 7) is 7.67. The highest BCUT2D eigenvalue weighted by atomic mass is 19.4.